The number of halogens is 1. The first kappa shape index (κ1) is 15.1. The maximum Gasteiger partial charge on any atom is 0.337 e. The summed E-state index contributed by atoms with van der Waals surface area (Å²) in [6, 6.07) is 17.0. The van der Waals surface area contributed by atoms with Crippen LogP contribution in [0.15, 0.2) is 60.7 Å². The van der Waals surface area contributed by atoms with E-state index in [1.54, 1.807) is 30.3 Å². The number of benzene rings is 3. The van der Waals surface area contributed by atoms with E-state index in [2.05, 4.69) is 5.32 Å². The molecule has 3 aromatic rings. The molecule has 0 saturated carbocycles. The number of carboxylic acid groups (broad SMARTS) is 1. The Morgan fingerprint density at radius 2 is 1.61 bits per heavy atom. The Labute approximate surface area is 137 Å². The van der Waals surface area contributed by atoms with Gasteiger partial charge in [-0.3, -0.25) is 4.79 Å². The molecule has 5 heteroatoms. The average molecular weight is 326 g/mol. The molecule has 114 valence electrons. The van der Waals surface area contributed by atoms with Crippen LogP contribution in [0.2, 0.25) is 5.02 Å². The normalized spacial score (nSPS) is 10.5. The zero-order valence-corrected chi connectivity index (χ0v) is 12.7. The molecule has 0 aliphatic rings. The van der Waals surface area contributed by atoms with Crippen molar-refractivity contribution in [3.05, 3.63) is 76.8 Å². The molecule has 0 unspecified atom stereocenters. The third kappa shape index (κ3) is 3.17. The highest BCUT2D eigenvalue weighted by atomic mass is 35.5. The summed E-state index contributed by atoms with van der Waals surface area (Å²) in [5.74, 6) is -1.51. The highest BCUT2D eigenvalue weighted by Crippen LogP contribution is 2.25. The molecule has 4 nitrogen and oxygen atoms in total. The number of nitrogens with one attached hydrogen (secondary N) is 1. The fraction of sp³-hybridized carbons (Fsp3) is 0. The molecule has 0 radical (unpaired) electrons. The van der Waals surface area contributed by atoms with E-state index >= 15 is 0 Å². The molecule has 0 saturated heterocycles. The smallest absolute Gasteiger partial charge is 0.337 e. The molecular weight excluding hydrogens is 314 g/mol. The quantitative estimate of drug-likeness (QED) is 0.748. The number of hydrogen-bond acceptors (Lipinski definition) is 2. The van der Waals surface area contributed by atoms with E-state index in [1.807, 2.05) is 24.3 Å². The van der Waals surface area contributed by atoms with Crippen molar-refractivity contribution in [2.75, 3.05) is 5.32 Å². The molecule has 3 rings (SSSR count). The molecule has 0 fully saturated rings. The summed E-state index contributed by atoms with van der Waals surface area (Å²) in [6.07, 6.45) is 0. The van der Waals surface area contributed by atoms with Crippen LogP contribution in [0, 0.1) is 0 Å². The van der Waals surface area contributed by atoms with Gasteiger partial charge in [-0.2, -0.15) is 0 Å². The lowest BCUT2D eigenvalue weighted by Crippen LogP contribution is -2.14. The number of anilines is 1. The van der Waals surface area contributed by atoms with Gasteiger partial charge in [-0.25, -0.2) is 4.79 Å². The largest absolute Gasteiger partial charge is 0.478 e. The second kappa shape index (κ2) is 6.10. The van der Waals surface area contributed by atoms with Gasteiger partial charge in [0.1, 0.15) is 0 Å². The van der Waals surface area contributed by atoms with Crippen LogP contribution in [0.1, 0.15) is 20.7 Å². The van der Waals surface area contributed by atoms with Crippen LogP contribution in [-0.4, -0.2) is 17.0 Å². The first-order valence-corrected chi connectivity index (χ1v) is 7.25. The van der Waals surface area contributed by atoms with Crippen LogP contribution in [-0.2, 0) is 0 Å². The van der Waals surface area contributed by atoms with Crippen molar-refractivity contribution in [3.63, 3.8) is 0 Å². The summed E-state index contributed by atoms with van der Waals surface area (Å²) in [6.45, 7) is 0. The third-order valence-corrected chi connectivity index (χ3v) is 3.69. The number of carbonyl (C=O) groups excluding carboxylic acids is 1. The van der Waals surface area contributed by atoms with Crippen LogP contribution in [0.4, 0.5) is 5.69 Å². The molecule has 0 heterocycles. The Bertz CT molecular complexity index is 921. The van der Waals surface area contributed by atoms with Gasteiger partial charge in [0.15, 0.2) is 0 Å². The summed E-state index contributed by atoms with van der Waals surface area (Å²) in [5.41, 5.74) is 0.655. The topological polar surface area (TPSA) is 66.4 Å². The van der Waals surface area contributed by atoms with Crippen LogP contribution >= 0.6 is 11.6 Å². The predicted molar refractivity (Wildman–Crippen MR) is 90.3 cm³/mol. The summed E-state index contributed by atoms with van der Waals surface area (Å²) < 4.78 is 0. The second-order valence-electron chi connectivity index (χ2n) is 5.01. The Morgan fingerprint density at radius 1 is 0.913 bits per heavy atom. The van der Waals surface area contributed by atoms with Crippen molar-refractivity contribution in [1.29, 1.82) is 0 Å². The zero-order chi connectivity index (χ0) is 16.4. The summed E-state index contributed by atoms with van der Waals surface area (Å²) in [4.78, 5) is 23.8. The van der Waals surface area contributed by atoms with Crippen LogP contribution in [0.3, 0.4) is 0 Å². The van der Waals surface area contributed by atoms with Gasteiger partial charge in [-0.05, 0) is 41.1 Å². The fourth-order valence-electron chi connectivity index (χ4n) is 2.34. The SMILES string of the molecule is O=C(Nc1cc2ccccc2cc1C(=O)O)c1cccc(Cl)c1. The molecule has 0 aliphatic carbocycles. The number of fused-ring (bicyclic) bond motifs is 1. The maximum atomic E-state index is 12.3. The van der Waals surface area contributed by atoms with Gasteiger partial charge in [0.2, 0.25) is 0 Å². The zero-order valence-electron chi connectivity index (χ0n) is 11.9. The summed E-state index contributed by atoms with van der Waals surface area (Å²) in [5, 5.41) is 14.1. The first-order valence-electron chi connectivity index (χ1n) is 6.87. The van der Waals surface area contributed by atoms with E-state index in [4.69, 9.17) is 11.6 Å². The van der Waals surface area contributed by atoms with E-state index in [1.165, 1.54) is 6.07 Å². The van der Waals surface area contributed by atoms with E-state index in [-0.39, 0.29) is 11.3 Å². The lowest BCUT2D eigenvalue weighted by atomic mass is 10.0. The molecule has 0 aromatic heterocycles. The molecule has 3 aromatic carbocycles. The third-order valence-electron chi connectivity index (χ3n) is 3.45. The average Bonchev–Trinajstić information content (AvgIpc) is 2.54. The first-order chi connectivity index (χ1) is 11.0. The lowest BCUT2D eigenvalue weighted by Gasteiger charge is -2.10. The van der Waals surface area contributed by atoms with Crippen molar-refractivity contribution in [1.82, 2.24) is 0 Å². The van der Waals surface area contributed by atoms with Crippen molar-refractivity contribution < 1.29 is 14.7 Å². The molecule has 1 amide bonds. The van der Waals surface area contributed by atoms with Gasteiger partial charge < -0.3 is 10.4 Å². The van der Waals surface area contributed by atoms with Gasteiger partial charge in [-0.1, -0.05) is 41.9 Å². The minimum atomic E-state index is -1.10. The molecule has 0 atom stereocenters. The molecule has 0 spiro atoms. The van der Waals surface area contributed by atoms with E-state index in [9.17, 15) is 14.7 Å². The lowest BCUT2D eigenvalue weighted by molar-refractivity contribution is 0.0698. The van der Waals surface area contributed by atoms with Crippen molar-refractivity contribution in [2.45, 2.75) is 0 Å². The molecule has 0 aliphatic heterocycles. The van der Waals surface area contributed by atoms with E-state index in [0.29, 0.717) is 10.6 Å². The van der Waals surface area contributed by atoms with E-state index in [0.717, 1.165) is 10.8 Å². The highest BCUT2D eigenvalue weighted by molar-refractivity contribution is 6.31. The summed E-state index contributed by atoms with van der Waals surface area (Å²) >= 11 is 5.88. The maximum absolute atomic E-state index is 12.3. The van der Waals surface area contributed by atoms with Crippen LogP contribution < -0.4 is 5.32 Å². The number of amides is 1. The van der Waals surface area contributed by atoms with Gasteiger partial charge in [0.25, 0.3) is 5.91 Å². The number of carbonyl (C=O) groups is 2. The number of rotatable bonds is 3. The van der Waals surface area contributed by atoms with Gasteiger partial charge in [-0.15, -0.1) is 0 Å². The predicted octanol–water partition coefficient (Wildman–Crippen LogP) is 4.44. The van der Waals surface area contributed by atoms with Gasteiger partial charge in [0.05, 0.1) is 11.3 Å². The van der Waals surface area contributed by atoms with Crippen LogP contribution in [0.25, 0.3) is 10.8 Å². The van der Waals surface area contributed by atoms with Crippen molar-refractivity contribution >= 4 is 39.9 Å². The molecule has 0 bridgehead atoms. The Balaban J connectivity index is 2.03. The number of aromatic carboxylic acids is 1. The molecular formula is C18H12ClNO3. The Morgan fingerprint density at radius 3 is 2.26 bits per heavy atom. The van der Waals surface area contributed by atoms with Crippen LogP contribution in [0.5, 0.6) is 0 Å². The van der Waals surface area contributed by atoms with Crippen molar-refractivity contribution in [2.24, 2.45) is 0 Å². The van der Waals surface area contributed by atoms with Gasteiger partial charge in [0, 0.05) is 10.6 Å². The number of carboxylic acids is 1. The molecule has 2 N–H and O–H groups in total. The standard InChI is InChI=1S/C18H12ClNO3/c19-14-7-3-6-13(8-14)17(21)20-16-10-12-5-2-1-4-11(12)9-15(16)18(22)23/h1-10H,(H,20,21)(H,22,23). The fourth-order valence-corrected chi connectivity index (χ4v) is 2.54. The highest BCUT2D eigenvalue weighted by Gasteiger charge is 2.15. The van der Waals surface area contributed by atoms with E-state index < -0.39 is 11.9 Å². The van der Waals surface area contributed by atoms with Gasteiger partial charge >= 0.3 is 5.97 Å². The summed E-state index contributed by atoms with van der Waals surface area (Å²) in [7, 11) is 0. The number of hydrogen-bond donors (Lipinski definition) is 2. The Kier molecular flexibility index (Phi) is 4.00. The molecule has 23 heavy (non-hydrogen) atoms. The minimum Gasteiger partial charge on any atom is -0.478 e. The monoisotopic (exact) mass is 325 g/mol. The minimum absolute atomic E-state index is 0.0408. The Hall–Kier alpha value is -2.85. The second-order valence-corrected chi connectivity index (χ2v) is 5.45. The van der Waals surface area contributed by atoms with Crippen molar-refractivity contribution in [3.8, 4) is 0 Å².